The number of rotatable bonds is 2. The van der Waals surface area contributed by atoms with Gasteiger partial charge in [0.15, 0.2) is 0 Å². The molecular weight excluding hydrogens is 228 g/mol. The molecule has 1 aromatic heterocycles. The highest BCUT2D eigenvalue weighted by Gasteiger charge is 2.30. The summed E-state index contributed by atoms with van der Waals surface area (Å²) in [5.41, 5.74) is 8.19. The zero-order chi connectivity index (χ0) is 11.7. The quantitative estimate of drug-likeness (QED) is 0.874. The van der Waals surface area contributed by atoms with Gasteiger partial charge in [-0.1, -0.05) is 19.3 Å². The Morgan fingerprint density at radius 2 is 2.12 bits per heavy atom. The topological polar surface area (TPSA) is 29.3 Å². The summed E-state index contributed by atoms with van der Waals surface area (Å²) in [4.78, 5) is 4.16. The highest BCUT2D eigenvalue weighted by molar-refractivity contribution is 7.10. The van der Waals surface area contributed by atoms with Crippen LogP contribution in [0.5, 0.6) is 0 Å². The summed E-state index contributed by atoms with van der Waals surface area (Å²) in [5.74, 6) is 0. The van der Waals surface area contributed by atoms with Crippen LogP contribution in [0.3, 0.4) is 0 Å². The first-order valence-corrected chi connectivity index (χ1v) is 7.70. The van der Waals surface area contributed by atoms with Gasteiger partial charge in [-0.3, -0.25) is 4.90 Å². The molecule has 0 unspecified atom stereocenters. The maximum Gasteiger partial charge on any atom is 0.0283 e. The van der Waals surface area contributed by atoms with Gasteiger partial charge in [0.25, 0.3) is 0 Å². The van der Waals surface area contributed by atoms with Crippen molar-refractivity contribution in [3.63, 3.8) is 0 Å². The van der Waals surface area contributed by atoms with Crippen molar-refractivity contribution < 1.29 is 0 Å². The second-order valence-electron chi connectivity index (χ2n) is 5.75. The molecule has 1 fully saturated rings. The van der Waals surface area contributed by atoms with Crippen LogP contribution in [0, 0.1) is 0 Å². The Hall–Kier alpha value is -0.380. The van der Waals surface area contributed by atoms with Gasteiger partial charge in [-0.2, -0.15) is 0 Å². The van der Waals surface area contributed by atoms with Crippen LogP contribution < -0.4 is 5.73 Å². The first-order chi connectivity index (χ1) is 8.25. The van der Waals surface area contributed by atoms with Gasteiger partial charge >= 0.3 is 0 Å². The number of hydrogen-bond acceptors (Lipinski definition) is 3. The van der Waals surface area contributed by atoms with Crippen molar-refractivity contribution in [3.05, 3.63) is 21.9 Å². The van der Waals surface area contributed by atoms with Gasteiger partial charge in [-0.25, -0.2) is 0 Å². The van der Waals surface area contributed by atoms with Crippen LogP contribution in [0.15, 0.2) is 11.4 Å². The Morgan fingerprint density at radius 3 is 2.94 bits per heavy atom. The second-order valence-corrected chi connectivity index (χ2v) is 6.75. The van der Waals surface area contributed by atoms with E-state index in [9.17, 15) is 0 Å². The Balaban J connectivity index is 1.63. The number of thiophene rings is 1. The number of nitrogens with zero attached hydrogens (tertiary/aromatic N) is 1. The molecule has 3 heteroatoms. The van der Waals surface area contributed by atoms with Gasteiger partial charge < -0.3 is 5.73 Å². The van der Waals surface area contributed by atoms with E-state index in [2.05, 4.69) is 16.3 Å². The predicted octanol–water partition coefficient (Wildman–Crippen LogP) is 2.77. The zero-order valence-corrected chi connectivity index (χ0v) is 11.3. The van der Waals surface area contributed by atoms with Gasteiger partial charge in [-0.05, 0) is 36.3 Å². The lowest BCUT2D eigenvalue weighted by molar-refractivity contribution is 0.161. The van der Waals surface area contributed by atoms with E-state index in [0.717, 1.165) is 13.1 Å². The highest BCUT2D eigenvalue weighted by Crippen LogP contribution is 2.29. The van der Waals surface area contributed by atoms with Crippen molar-refractivity contribution in [2.24, 2.45) is 5.73 Å². The Labute approximate surface area is 108 Å². The second kappa shape index (κ2) is 4.71. The Morgan fingerprint density at radius 1 is 1.29 bits per heavy atom. The van der Waals surface area contributed by atoms with Crippen molar-refractivity contribution in [1.29, 1.82) is 0 Å². The smallest absolute Gasteiger partial charge is 0.0283 e. The van der Waals surface area contributed by atoms with E-state index >= 15 is 0 Å². The summed E-state index contributed by atoms with van der Waals surface area (Å²) in [6.45, 7) is 3.42. The summed E-state index contributed by atoms with van der Waals surface area (Å²) >= 11 is 1.91. The van der Waals surface area contributed by atoms with Gasteiger partial charge in [0.1, 0.15) is 0 Å². The maximum atomic E-state index is 6.55. The molecule has 94 valence electrons. The molecule has 1 saturated carbocycles. The van der Waals surface area contributed by atoms with E-state index < -0.39 is 0 Å². The third kappa shape index (κ3) is 2.56. The molecule has 1 aliphatic carbocycles. The Bertz CT molecular complexity index is 379. The largest absolute Gasteiger partial charge is 0.324 e. The first-order valence-electron chi connectivity index (χ1n) is 6.82. The van der Waals surface area contributed by atoms with Crippen LogP contribution in [0.1, 0.15) is 42.5 Å². The van der Waals surface area contributed by atoms with Crippen LogP contribution in [0.2, 0.25) is 0 Å². The SMILES string of the molecule is NC1(CN2CCc3sccc3C2)CCCCC1. The van der Waals surface area contributed by atoms with Crippen molar-refractivity contribution >= 4 is 11.3 Å². The van der Waals surface area contributed by atoms with Gasteiger partial charge in [0.05, 0.1) is 0 Å². The molecule has 2 nitrogen and oxygen atoms in total. The lowest BCUT2D eigenvalue weighted by atomic mass is 9.82. The third-order valence-corrected chi connectivity index (χ3v) is 5.30. The number of fused-ring (bicyclic) bond motifs is 1. The van der Waals surface area contributed by atoms with Crippen LogP contribution in [0.4, 0.5) is 0 Å². The number of hydrogen-bond donors (Lipinski definition) is 1. The zero-order valence-electron chi connectivity index (χ0n) is 10.5. The van der Waals surface area contributed by atoms with Crippen molar-refractivity contribution in [3.8, 4) is 0 Å². The molecule has 0 radical (unpaired) electrons. The minimum Gasteiger partial charge on any atom is -0.324 e. The van der Waals surface area contributed by atoms with Gasteiger partial charge in [0, 0.05) is 30.1 Å². The molecule has 2 N–H and O–H groups in total. The Kier molecular flexibility index (Phi) is 3.24. The summed E-state index contributed by atoms with van der Waals surface area (Å²) in [5, 5.41) is 2.23. The van der Waals surface area contributed by atoms with E-state index in [1.807, 2.05) is 11.3 Å². The molecule has 0 aromatic carbocycles. The van der Waals surface area contributed by atoms with E-state index in [1.165, 1.54) is 45.1 Å². The number of nitrogens with two attached hydrogens (primary N) is 1. The summed E-state index contributed by atoms with van der Waals surface area (Å²) in [6.07, 6.45) is 7.71. The standard InChI is InChI=1S/C14H22N2S/c15-14(6-2-1-3-7-14)11-16-8-4-13-12(10-16)5-9-17-13/h5,9H,1-4,6-8,10-11,15H2. The third-order valence-electron chi connectivity index (χ3n) is 4.27. The molecule has 0 atom stereocenters. The minimum atomic E-state index is 0.103. The summed E-state index contributed by atoms with van der Waals surface area (Å²) in [7, 11) is 0. The highest BCUT2D eigenvalue weighted by atomic mass is 32.1. The lowest BCUT2D eigenvalue weighted by Crippen LogP contribution is -2.52. The average Bonchev–Trinajstić information content (AvgIpc) is 2.76. The fourth-order valence-electron chi connectivity index (χ4n) is 3.30. The molecule has 1 aliphatic heterocycles. The van der Waals surface area contributed by atoms with Crippen molar-refractivity contribution in [2.45, 2.75) is 50.6 Å². The van der Waals surface area contributed by atoms with E-state index in [0.29, 0.717) is 0 Å². The molecule has 2 aliphatic rings. The normalized spacial score (nSPS) is 24.5. The molecule has 17 heavy (non-hydrogen) atoms. The van der Waals surface area contributed by atoms with Crippen molar-refractivity contribution in [2.75, 3.05) is 13.1 Å². The maximum absolute atomic E-state index is 6.55. The van der Waals surface area contributed by atoms with E-state index in [-0.39, 0.29) is 5.54 Å². The summed E-state index contributed by atoms with van der Waals surface area (Å²) < 4.78 is 0. The van der Waals surface area contributed by atoms with Gasteiger partial charge in [0.2, 0.25) is 0 Å². The molecule has 0 spiro atoms. The fourth-order valence-corrected chi connectivity index (χ4v) is 4.19. The van der Waals surface area contributed by atoms with Crippen LogP contribution >= 0.6 is 11.3 Å². The van der Waals surface area contributed by atoms with Crippen LogP contribution in [-0.4, -0.2) is 23.5 Å². The molecule has 0 bridgehead atoms. The van der Waals surface area contributed by atoms with E-state index in [4.69, 9.17) is 5.73 Å². The van der Waals surface area contributed by atoms with Crippen LogP contribution in [0.25, 0.3) is 0 Å². The van der Waals surface area contributed by atoms with Crippen LogP contribution in [-0.2, 0) is 13.0 Å². The lowest BCUT2D eigenvalue weighted by Gasteiger charge is -2.39. The molecule has 3 rings (SSSR count). The predicted molar refractivity (Wildman–Crippen MR) is 73.3 cm³/mol. The van der Waals surface area contributed by atoms with Gasteiger partial charge in [-0.15, -0.1) is 11.3 Å². The molecule has 1 aromatic rings. The minimum absolute atomic E-state index is 0.103. The molecule has 2 heterocycles. The van der Waals surface area contributed by atoms with E-state index in [1.54, 1.807) is 10.4 Å². The average molecular weight is 250 g/mol. The molecule has 0 amide bonds. The van der Waals surface area contributed by atoms with Crippen molar-refractivity contribution in [1.82, 2.24) is 4.90 Å². The molecule has 0 saturated heterocycles. The first kappa shape index (κ1) is 11.7. The monoisotopic (exact) mass is 250 g/mol. The summed E-state index contributed by atoms with van der Waals surface area (Å²) in [6, 6.07) is 2.29. The fraction of sp³-hybridized carbons (Fsp3) is 0.714. The molecular formula is C14H22N2S.